The summed E-state index contributed by atoms with van der Waals surface area (Å²) in [6.07, 6.45) is -2.73. The van der Waals surface area contributed by atoms with E-state index >= 15 is 0 Å². The average Bonchev–Trinajstić information content (AvgIpc) is 3.12. The van der Waals surface area contributed by atoms with E-state index in [4.69, 9.17) is 4.79 Å². The molecule has 4 nitrogen and oxygen atoms in total. The third-order valence-electron chi connectivity index (χ3n) is 4.39. The quantitative estimate of drug-likeness (QED) is 0.425. The Kier molecular flexibility index (Phi) is 7.96. The number of fused-ring (bicyclic) bond motifs is 1. The summed E-state index contributed by atoms with van der Waals surface area (Å²) in [6.45, 7) is 8.68. The summed E-state index contributed by atoms with van der Waals surface area (Å²) >= 11 is 0. The van der Waals surface area contributed by atoms with Crippen molar-refractivity contribution >= 4 is 17.3 Å². The van der Waals surface area contributed by atoms with Gasteiger partial charge in [-0.15, -0.1) is 0 Å². The summed E-state index contributed by atoms with van der Waals surface area (Å²) in [5.74, 6) is 0.754. The average molecular weight is 405 g/mol. The number of hydrogen-bond donors (Lipinski definition) is 2. The van der Waals surface area contributed by atoms with Crippen LogP contribution in [0.4, 0.5) is 13.2 Å². The fourth-order valence-electron chi connectivity index (χ4n) is 2.83. The lowest BCUT2D eigenvalue weighted by Crippen LogP contribution is -2.16. The highest BCUT2D eigenvalue weighted by Crippen LogP contribution is 2.27. The minimum absolute atomic E-state index is 0.754. The number of rotatable bonds is 6. The second-order valence-electron chi connectivity index (χ2n) is 7.30. The fourth-order valence-corrected chi connectivity index (χ4v) is 2.83. The van der Waals surface area contributed by atoms with E-state index in [2.05, 4.69) is 72.5 Å². The van der Waals surface area contributed by atoms with E-state index in [-0.39, 0.29) is 0 Å². The topological polar surface area (TPSA) is 57.8 Å². The highest BCUT2D eigenvalue weighted by Gasteiger charge is 2.24. The van der Waals surface area contributed by atoms with Crippen LogP contribution in [0.3, 0.4) is 0 Å². The normalized spacial score (nSPS) is 11.4. The lowest BCUT2D eigenvalue weighted by atomic mass is 9.99. The molecule has 0 saturated carbocycles. The van der Waals surface area contributed by atoms with Crippen molar-refractivity contribution in [1.82, 2.24) is 15.3 Å². The van der Waals surface area contributed by atoms with Gasteiger partial charge >= 0.3 is 6.18 Å². The number of carbonyl (C=O) groups excluding carboxylic acids is 1. The van der Waals surface area contributed by atoms with Crippen molar-refractivity contribution in [3.8, 4) is 11.1 Å². The van der Waals surface area contributed by atoms with Gasteiger partial charge in [-0.25, -0.2) is 4.98 Å². The summed E-state index contributed by atoms with van der Waals surface area (Å²) in [6, 6.07) is 13.2. The Labute approximate surface area is 168 Å². The number of carbonyl (C=O) groups is 1. The molecule has 3 aromatic rings. The van der Waals surface area contributed by atoms with Gasteiger partial charge in [-0.05, 0) is 60.2 Å². The number of H-pyrrole nitrogens is 1. The molecule has 29 heavy (non-hydrogen) atoms. The number of aromatic nitrogens is 2. The maximum absolute atomic E-state index is 10.4. The van der Waals surface area contributed by atoms with Gasteiger partial charge in [0.15, 0.2) is 0 Å². The summed E-state index contributed by atoms with van der Waals surface area (Å²) in [7, 11) is 0. The Hall–Kier alpha value is -2.67. The van der Waals surface area contributed by atoms with E-state index in [1.54, 1.807) is 6.33 Å². The van der Waals surface area contributed by atoms with Crippen LogP contribution in [0.15, 0.2) is 42.7 Å². The van der Waals surface area contributed by atoms with Gasteiger partial charge in [0.05, 0.1) is 17.4 Å². The number of nitrogens with one attached hydrogen (secondary N) is 2. The predicted molar refractivity (Wildman–Crippen MR) is 110 cm³/mol. The number of aldehydes is 1. The number of halogens is 3. The van der Waals surface area contributed by atoms with Crippen molar-refractivity contribution < 1.29 is 18.0 Å². The van der Waals surface area contributed by atoms with E-state index in [0.717, 1.165) is 30.0 Å². The molecule has 156 valence electrons. The number of nitrogens with zero attached hydrogens (tertiary/aromatic N) is 1. The molecular weight excluding hydrogens is 379 g/mol. The van der Waals surface area contributed by atoms with Crippen LogP contribution in [-0.4, -0.2) is 29.0 Å². The van der Waals surface area contributed by atoms with Crippen molar-refractivity contribution in [2.75, 3.05) is 6.54 Å². The number of imidazole rings is 1. The minimum atomic E-state index is -4.64. The molecule has 0 saturated heterocycles. The first kappa shape index (κ1) is 22.6. The maximum atomic E-state index is 10.4. The van der Waals surface area contributed by atoms with Crippen LogP contribution in [0.5, 0.6) is 0 Å². The van der Waals surface area contributed by atoms with Gasteiger partial charge < -0.3 is 10.3 Å². The maximum Gasteiger partial charge on any atom is 0.446 e. The van der Waals surface area contributed by atoms with Crippen LogP contribution in [-0.2, 0) is 11.3 Å². The van der Waals surface area contributed by atoms with Gasteiger partial charge in [-0.2, -0.15) is 13.2 Å². The lowest BCUT2D eigenvalue weighted by Gasteiger charge is -2.09. The van der Waals surface area contributed by atoms with Crippen molar-refractivity contribution in [2.24, 2.45) is 5.92 Å². The Bertz CT molecular complexity index is 915. The van der Waals surface area contributed by atoms with Gasteiger partial charge in [-0.3, -0.25) is 4.79 Å². The van der Waals surface area contributed by atoms with E-state index in [1.165, 1.54) is 28.7 Å². The zero-order chi connectivity index (χ0) is 21.4. The number of aryl methyl sites for hydroxylation is 1. The summed E-state index contributed by atoms with van der Waals surface area (Å²) in [5, 5.41) is 3.51. The largest absolute Gasteiger partial charge is 0.446 e. The first-order chi connectivity index (χ1) is 13.7. The highest BCUT2D eigenvalue weighted by molar-refractivity contribution is 5.83. The monoisotopic (exact) mass is 405 g/mol. The predicted octanol–water partition coefficient (Wildman–Crippen LogP) is 5.42. The van der Waals surface area contributed by atoms with E-state index in [9.17, 15) is 13.2 Å². The first-order valence-electron chi connectivity index (χ1n) is 9.46. The Morgan fingerprint density at radius 2 is 1.83 bits per heavy atom. The van der Waals surface area contributed by atoms with E-state index < -0.39 is 12.5 Å². The van der Waals surface area contributed by atoms with Gasteiger partial charge in [-0.1, -0.05) is 38.1 Å². The fraction of sp³-hybridized carbons (Fsp3) is 0.364. The number of alkyl halides is 3. The van der Waals surface area contributed by atoms with Crippen LogP contribution >= 0.6 is 0 Å². The van der Waals surface area contributed by atoms with Crippen LogP contribution in [0.25, 0.3) is 22.2 Å². The lowest BCUT2D eigenvalue weighted by molar-refractivity contribution is -0.156. The van der Waals surface area contributed by atoms with E-state index in [1.807, 2.05) is 0 Å². The molecule has 1 aromatic heterocycles. The van der Waals surface area contributed by atoms with Gasteiger partial charge in [0, 0.05) is 6.54 Å². The van der Waals surface area contributed by atoms with Crippen molar-refractivity contribution in [1.29, 1.82) is 0 Å². The minimum Gasteiger partial charge on any atom is -0.345 e. The van der Waals surface area contributed by atoms with Gasteiger partial charge in [0.25, 0.3) is 0 Å². The summed E-state index contributed by atoms with van der Waals surface area (Å²) in [5.41, 5.74) is 7.21. The third kappa shape index (κ3) is 7.34. The standard InChI is InChI=1S/C20H25N3.C2HF3O/c1-14(2)8-9-21-12-16-4-6-17(7-5-16)18-11-20-19(10-15(18)3)22-13-23-20;3-2(4,5)1-6/h4-7,10-11,13-14,21H,8-9,12H2,1-3H3,(H,22,23);1H. The molecule has 0 atom stereocenters. The molecule has 3 rings (SSSR count). The van der Waals surface area contributed by atoms with Gasteiger partial charge in [0.2, 0.25) is 6.29 Å². The van der Waals surface area contributed by atoms with E-state index in [0.29, 0.717) is 0 Å². The van der Waals surface area contributed by atoms with Crippen LogP contribution in [0, 0.1) is 12.8 Å². The van der Waals surface area contributed by atoms with Crippen LogP contribution in [0.2, 0.25) is 0 Å². The van der Waals surface area contributed by atoms with Crippen LogP contribution in [0.1, 0.15) is 31.4 Å². The van der Waals surface area contributed by atoms with Crippen LogP contribution < -0.4 is 5.32 Å². The molecule has 2 N–H and O–H groups in total. The molecule has 0 bridgehead atoms. The SMILES string of the molecule is Cc1cc2[nH]cnc2cc1-c1ccc(CNCCC(C)C)cc1.O=CC(F)(F)F. The second kappa shape index (κ2) is 10.2. The molecule has 0 fully saturated rings. The molecule has 0 spiro atoms. The Balaban J connectivity index is 0.000000438. The number of aromatic amines is 1. The smallest absolute Gasteiger partial charge is 0.345 e. The molecule has 7 heteroatoms. The Morgan fingerprint density at radius 3 is 2.41 bits per heavy atom. The highest BCUT2D eigenvalue weighted by atomic mass is 19.4. The molecular formula is C22H26F3N3O. The molecule has 0 aliphatic carbocycles. The molecule has 1 heterocycles. The molecule has 0 unspecified atom stereocenters. The van der Waals surface area contributed by atoms with Gasteiger partial charge in [0.1, 0.15) is 0 Å². The van der Waals surface area contributed by atoms with Crippen molar-refractivity contribution in [3.63, 3.8) is 0 Å². The number of benzene rings is 2. The van der Waals surface area contributed by atoms with Crippen molar-refractivity contribution in [3.05, 3.63) is 53.9 Å². The third-order valence-corrected chi connectivity index (χ3v) is 4.39. The molecule has 0 aliphatic heterocycles. The summed E-state index contributed by atoms with van der Waals surface area (Å²) < 4.78 is 31.2. The zero-order valence-electron chi connectivity index (χ0n) is 16.8. The molecule has 2 aromatic carbocycles. The number of hydrogen-bond acceptors (Lipinski definition) is 3. The molecule has 0 amide bonds. The second-order valence-corrected chi connectivity index (χ2v) is 7.30. The first-order valence-corrected chi connectivity index (χ1v) is 9.46. The molecule has 0 radical (unpaired) electrons. The Morgan fingerprint density at radius 1 is 1.17 bits per heavy atom. The molecule has 0 aliphatic rings. The van der Waals surface area contributed by atoms with Crippen molar-refractivity contribution in [2.45, 2.75) is 39.9 Å². The zero-order valence-corrected chi connectivity index (χ0v) is 16.8. The summed E-state index contributed by atoms with van der Waals surface area (Å²) in [4.78, 5) is 16.2.